The molecule has 3 aromatic rings. The van der Waals surface area contributed by atoms with Gasteiger partial charge in [-0.3, -0.25) is 20.2 Å². The number of benzene rings is 3. The Labute approximate surface area is 158 Å². The summed E-state index contributed by atoms with van der Waals surface area (Å²) in [4.78, 5) is 22.4. The van der Waals surface area contributed by atoms with Crippen LogP contribution in [0.15, 0.2) is 58.8 Å². The lowest BCUT2D eigenvalue weighted by Gasteiger charge is -2.17. The zero-order valence-electron chi connectivity index (χ0n) is 14.9. The van der Waals surface area contributed by atoms with Crippen LogP contribution >= 0.6 is 0 Å². The summed E-state index contributed by atoms with van der Waals surface area (Å²) >= 11 is 0. The van der Waals surface area contributed by atoms with Crippen LogP contribution in [0.1, 0.15) is 0 Å². The molecule has 0 bridgehead atoms. The van der Waals surface area contributed by atoms with E-state index in [1.54, 1.807) is 18.2 Å². The first-order valence-electron chi connectivity index (χ1n) is 8.06. The number of rotatable bonds is 5. The molecule has 142 valence electrons. The van der Waals surface area contributed by atoms with E-state index in [9.17, 15) is 25.3 Å². The molecule has 1 N–H and O–H groups in total. The molecule has 0 heterocycles. The smallest absolute Gasteiger partial charge is 0.303 e. The van der Waals surface area contributed by atoms with E-state index in [4.69, 9.17) is 0 Å². The second kappa shape index (κ2) is 7.27. The number of phenolic OH excluding ortho intramolecular Hbond substituents is 1. The first-order chi connectivity index (χ1) is 13.3. The van der Waals surface area contributed by atoms with Gasteiger partial charge in [-0.2, -0.15) is 0 Å². The van der Waals surface area contributed by atoms with Gasteiger partial charge >= 0.3 is 5.69 Å². The molecule has 0 radical (unpaired) electrons. The molecule has 3 aromatic carbocycles. The van der Waals surface area contributed by atoms with Crippen molar-refractivity contribution in [1.82, 2.24) is 0 Å². The fourth-order valence-corrected chi connectivity index (χ4v) is 2.74. The Balaban J connectivity index is 2.13. The Kier molecular flexibility index (Phi) is 4.86. The van der Waals surface area contributed by atoms with E-state index in [0.717, 1.165) is 29.3 Å². The van der Waals surface area contributed by atoms with E-state index < -0.39 is 21.2 Å². The first kappa shape index (κ1) is 18.7. The average molecular weight is 381 g/mol. The van der Waals surface area contributed by atoms with Crippen molar-refractivity contribution in [1.29, 1.82) is 0 Å². The molecule has 0 spiro atoms. The summed E-state index contributed by atoms with van der Waals surface area (Å²) in [5.74, 6) is -0.116. The molecular weight excluding hydrogens is 366 g/mol. The maximum absolute atomic E-state index is 11.2. The Morgan fingerprint density at radius 3 is 2.14 bits per heavy atom. The molecule has 3 rings (SSSR count). The average Bonchev–Trinajstić information content (AvgIpc) is 2.67. The summed E-state index contributed by atoms with van der Waals surface area (Å²) in [6.07, 6.45) is 0. The monoisotopic (exact) mass is 381 g/mol. The topological polar surface area (TPSA) is 134 Å². The minimum Gasteiger partial charge on any atom is -0.505 e. The summed E-state index contributed by atoms with van der Waals surface area (Å²) in [6.45, 7) is 0. The number of non-ortho nitro benzene ring substituents is 1. The molecule has 28 heavy (non-hydrogen) atoms. The van der Waals surface area contributed by atoms with Crippen molar-refractivity contribution in [2.24, 2.45) is 10.2 Å². The van der Waals surface area contributed by atoms with Gasteiger partial charge in [0.1, 0.15) is 5.69 Å². The number of hydrogen-bond donors (Lipinski definition) is 1. The zero-order valence-corrected chi connectivity index (χ0v) is 14.9. The van der Waals surface area contributed by atoms with Crippen molar-refractivity contribution >= 4 is 39.2 Å². The minimum absolute atomic E-state index is 0.116. The van der Waals surface area contributed by atoms with E-state index in [0.29, 0.717) is 5.39 Å². The molecule has 0 fully saturated rings. The van der Waals surface area contributed by atoms with Crippen molar-refractivity contribution < 1.29 is 15.0 Å². The summed E-state index contributed by atoms with van der Waals surface area (Å²) < 4.78 is 0. The van der Waals surface area contributed by atoms with Crippen molar-refractivity contribution in [2.75, 3.05) is 19.0 Å². The predicted octanol–water partition coefficient (Wildman–Crippen LogP) is 4.84. The van der Waals surface area contributed by atoms with Crippen LogP contribution in [0.5, 0.6) is 5.75 Å². The Bertz CT molecular complexity index is 1130. The van der Waals surface area contributed by atoms with Gasteiger partial charge in [-0.25, -0.2) is 0 Å². The molecular formula is C18H15N5O5. The van der Waals surface area contributed by atoms with Crippen LogP contribution in [0.3, 0.4) is 0 Å². The Morgan fingerprint density at radius 1 is 0.893 bits per heavy atom. The summed E-state index contributed by atoms with van der Waals surface area (Å²) in [5.41, 5.74) is -0.231. The highest BCUT2D eigenvalue weighted by molar-refractivity contribution is 6.01. The molecule has 0 aromatic heterocycles. The largest absolute Gasteiger partial charge is 0.505 e. The van der Waals surface area contributed by atoms with Crippen molar-refractivity contribution in [3.63, 3.8) is 0 Å². The first-order valence-corrected chi connectivity index (χ1v) is 8.06. The maximum atomic E-state index is 11.2. The predicted molar refractivity (Wildman–Crippen MR) is 104 cm³/mol. The number of hydrogen-bond acceptors (Lipinski definition) is 8. The fourth-order valence-electron chi connectivity index (χ4n) is 2.74. The minimum atomic E-state index is -0.771. The third kappa shape index (κ3) is 3.43. The van der Waals surface area contributed by atoms with Gasteiger partial charge in [-0.1, -0.05) is 24.3 Å². The molecule has 10 heteroatoms. The third-order valence-corrected chi connectivity index (χ3v) is 4.09. The number of azo groups is 1. The molecule has 0 saturated heterocycles. The highest BCUT2D eigenvalue weighted by Gasteiger charge is 2.20. The Morgan fingerprint density at radius 2 is 1.54 bits per heavy atom. The highest BCUT2D eigenvalue weighted by Crippen LogP contribution is 2.41. The van der Waals surface area contributed by atoms with Gasteiger partial charge in [-0.05, 0) is 12.1 Å². The van der Waals surface area contributed by atoms with E-state index in [1.165, 1.54) is 0 Å². The quantitative estimate of drug-likeness (QED) is 0.381. The van der Waals surface area contributed by atoms with Crippen molar-refractivity contribution in [3.05, 3.63) is 68.8 Å². The number of nitrogens with zero attached hydrogens (tertiary/aromatic N) is 5. The number of aromatic hydroxyl groups is 1. The molecule has 10 nitrogen and oxygen atoms in total. The lowest BCUT2D eigenvalue weighted by atomic mass is 10.1. The number of anilines is 1. The van der Waals surface area contributed by atoms with E-state index in [2.05, 4.69) is 10.2 Å². The van der Waals surface area contributed by atoms with Crippen molar-refractivity contribution in [2.45, 2.75) is 0 Å². The van der Waals surface area contributed by atoms with Gasteiger partial charge in [0.15, 0.2) is 11.4 Å². The number of fused-ring (bicyclic) bond motifs is 1. The molecule has 0 aliphatic heterocycles. The van der Waals surface area contributed by atoms with Crippen LogP contribution in [0.25, 0.3) is 10.8 Å². The van der Waals surface area contributed by atoms with Crippen LogP contribution < -0.4 is 4.90 Å². The second-order valence-corrected chi connectivity index (χ2v) is 6.09. The SMILES string of the molecule is CN(C)c1cc(N=Nc2ccc([N+](=O)[O-])cc2[N+](=O)[O-])c(O)c2ccccc12. The molecule has 0 unspecified atom stereocenters. The molecule has 0 amide bonds. The van der Waals surface area contributed by atoms with E-state index >= 15 is 0 Å². The number of phenols is 1. The highest BCUT2D eigenvalue weighted by atomic mass is 16.6. The second-order valence-electron chi connectivity index (χ2n) is 6.09. The molecule has 0 aliphatic rings. The molecule has 0 atom stereocenters. The molecule has 0 aliphatic carbocycles. The van der Waals surface area contributed by atoms with Crippen LogP contribution in [-0.4, -0.2) is 29.0 Å². The lowest BCUT2D eigenvalue weighted by Crippen LogP contribution is -2.08. The van der Waals surface area contributed by atoms with Gasteiger partial charge in [0.05, 0.1) is 15.9 Å². The summed E-state index contributed by atoms with van der Waals surface area (Å²) in [6, 6.07) is 11.9. The number of nitro groups is 2. The van der Waals surface area contributed by atoms with Gasteiger partial charge in [0.25, 0.3) is 5.69 Å². The van der Waals surface area contributed by atoms with Gasteiger partial charge in [-0.15, -0.1) is 10.2 Å². The standard InChI is InChI=1S/C18H15N5O5/c1-21(2)16-10-15(18(24)13-6-4-3-5-12(13)16)20-19-14-8-7-11(22(25)26)9-17(14)23(27)28/h3-10,24H,1-2H3. The van der Waals surface area contributed by atoms with Crippen molar-refractivity contribution in [3.8, 4) is 5.75 Å². The fraction of sp³-hybridized carbons (Fsp3) is 0.111. The normalized spacial score (nSPS) is 11.1. The van der Waals surface area contributed by atoms with Gasteiger partial charge < -0.3 is 10.0 Å². The van der Waals surface area contributed by atoms with Gasteiger partial charge in [0.2, 0.25) is 0 Å². The summed E-state index contributed by atoms with van der Waals surface area (Å²) in [7, 11) is 3.67. The van der Waals surface area contributed by atoms with Crippen LogP contribution in [0, 0.1) is 20.2 Å². The molecule has 0 saturated carbocycles. The maximum Gasteiger partial charge on any atom is 0.303 e. The Hall–Kier alpha value is -4.08. The van der Waals surface area contributed by atoms with Gasteiger partial charge in [0, 0.05) is 36.6 Å². The zero-order chi connectivity index (χ0) is 20.4. The van der Waals surface area contributed by atoms with E-state index in [-0.39, 0.29) is 17.1 Å². The number of nitro benzene ring substituents is 2. The van der Waals surface area contributed by atoms with Crippen LogP contribution in [-0.2, 0) is 0 Å². The van der Waals surface area contributed by atoms with E-state index in [1.807, 2.05) is 31.1 Å². The van der Waals surface area contributed by atoms with Crippen LogP contribution in [0.2, 0.25) is 0 Å². The summed E-state index contributed by atoms with van der Waals surface area (Å²) in [5, 5.41) is 41.8. The third-order valence-electron chi connectivity index (χ3n) is 4.09. The lowest BCUT2D eigenvalue weighted by molar-refractivity contribution is -0.393. The van der Waals surface area contributed by atoms with Crippen LogP contribution in [0.4, 0.5) is 28.4 Å².